The van der Waals surface area contributed by atoms with Gasteiger partial charge in [0.15, 0.2) is 0 Å². The molecule has 0 aromatic rings. The zero-order valence-electron chi connectivity index (χ0n) is 6.17. The van der Waals surface area contributed by atoms with E-state index in [2.05, 4.69) is 36.7 Å². The van der Waals surface area contributed by atoms with E-state index in [1.165, 1.54) is 0 Å². The highest BCUT2D eigenvalue weighted by atomic mass is 32.1. The summed E-state index contributed by atoms with van der Waals surface area (Å²) in [6, 6.07) is 0. The van der Waals surface area contributed by atoms with Crippen molar-refractivity contribution in [2.75, 3.05) is 19.5 Å². The monoisotopic (exact) mass is 145 g/mol. The normalized spacial score (nSPS) is 11.6. The van der Waals surface area contributed by atoms with E-state index in [0.29, 0.717) is 0 Å². The minimum Gasteiger partial charge on any atom is -0.297 e. The van der Waals surface area contributed by atoms with Gasteiger partial charge in [0.1, 0.15) is 0 Å². The first kappa shape index (κ1) is 9.05. The first-order valence-corrected chi connectivity index (χ1v) is 3.85. The molecule has 54 valence electrons. The Kier molecular flexibility index (Phi) is 6.21. The van der Waals surface area contributed by atoms with Gasteiger partial charge in [-0.15, -0.1) is 0 Å². The molecule has 0 heterocycles. The Morgan fingerprint density at radius 1 is 1.56 bits per heavy atom. The third-order valence-corrected chi connectivity index (χ3v) is 1.64. The van der Waals surface area contributed by atoms with Gasteiger partial charge in [-0.1, -0.05) is 12.2 Å². The molecule has 0 aromatic carbocycles. The lowest BCUT2D eigenvalue weighted by molar-refractivity contribution is 0.402. The van der Waals surface area contributed by atoms with Crippen molar-refractivity contribution in [1.82, 2.24) is 4.90 Å². The standard InChI is InChI=1S/C7H15NS/c1-3-4-5-6-8(2)7-9/h3-4,9H,5-7H2,1-2H3/b4-3-. The lowest BCUT2D eigenvalue weighted by Gasteiger charge is -2.10. The molecule has 0 radical (unpaired) electrons. The van der Waals surface area contributed by atoms with Crippen molar-refractivity contribution in [3.05, 3.63) is 12.2 Å². The van der Waals surface area contributed by atoms with Gasteiger partial charge in [0.05, 0.1) is 0 Å². The number of thiol groups is 1. The second-order valence-corrected chi connectivity index (χ2v) is 2.36. The Balaban J connectivity index is 3.06. The summed E-state index contributed by atoms with van der Waals surface area (Å²) >= 11 is 4.12. The van der Waals surface area contributed by atoms with Crippen molar-refractivity contribution in [3.63, 3.8) is 0 Å². The van der Waals surface area contributed by atoms with Gasteiger partial charge in [0.2, 0.25) is 0 Å². The van der Waals surface area contributed by atoms with E-state index >= 15 is 0 Å². The molecule has 0 atom stereocenters. The van der Waals surface area contributed by atoms with Crippen LogP contribution in [0.1, 0.15) is 13.3 Å². The Morgan fingerprint density at radius 3 is 2.67 bits per heavy atom. The molecule has 0 aliphatic heterocycles. The molecular formula is C7H15NS. The predicted octanol–water partition coefficient (Wildman–Crippen LogP) is 1.77. The Hall–Kier alpha value is 0.0500. The summed E-state index contributed by atoms with van der Waals surface area (Å²) in [5, 5.41) is 0. The maximum atomic E-state index is 4.12. The first-order chi connectivity index (χ1) is 4.31. The third kappa shape index (κ3) is 5.93. The van der Waals surface area contributed by atoms with Crippen LogP contribution >= 0.6 is 12.6 Å². The zero-order chi connectivity index (χ0) is 7.11. The molecule has 0 fully saturated rings. The van der Waals surface area contributed by atoms with Crippen molar-refractivity contribution in [2.45, 2.75) is 13.3 Å². The van der Waals surface area contributed by atoms with Crippen LogP contribution in [0.5, 0.6) is 0 Å². The Morgan fingerprint density at radius 2 is 2.22 bits per heavy atom. The van der Waals surface area contributed by atoms with Crippen LogP contribution in [0.15, 0.2) is 12.2 Å². The van der Waals surface area contributed by atoms with Crippen molar-refractivity contribution in [3.8, 4) is 0 Å². The van der Waals surface area contributed by atoms with Crippen LogP contribution in [-0.4, -0.2) is 24.4 Å². The SMILES string of the molecule is C/C=C\CCN(C)CS. The molecule has 0 rings (SSSR count). The molecule has 0 unspecified atom stereocenters. The quantitative estimate of drug-likeness (QED) is 0.358. The lowest BCUT2D eigenvalue weighted by atomic mass is 10.4. The molecule has 0 saturated heterocycles. The van der Waals surface area contributed by atoms with Crippen LogP contribution < -0.4 is 0 Å². The molecule has 0 aliphatic rings. The molecule has 9 heavy (non-hydrogen) atoms. The van der Waals surface area contributed by atoms with Gasteiger partial charge in [-0.25, -0.2) is 0 Å². The molecule has 0 amide bonds. The number of allylic oxidation sites excluding steroid dienone is 1. The molecule has 0 bridgehead atoms. The largest absolute Gasteiger partial charge is 0.297 e. The molecule has 2 heteroatoms. The van der Waals surface area contributed by atoms with Crippen LogP contribution in [0.3, 0.4) is 0 Å². The van der Waals surface area contributed by atoms with Gasteiger partial charge >= 0.3 is 0 Å². The van der Waals surface area contributed by atoms with Crippen molar-refractivity contribution >= 4 is 12.6 Å². The minimum atomic E-state index is 0.845. The summed E-state index contributed by atoms with van der Waals surface area (Å²) in [6.45, 7) is 3.15. The Labute approximate surface area is 63.2 Å². The third-order valence-electron chi connectivity index (χ3n) is 1.15. The van der Waals surface area contributed by atoms with Crippen molar-refractivity contribution < 1.29 is 0 Å². The number of hydrogen-bond acceptors (Lipinski definition) is 2. The molecule has 0 aromatic heterocycles. The van der Waals surface area contributed by atoms with Gasteiger partial charge in [0.25, 0.3) is 0 Å². The van der Waals surface area contributed by atoms with E-state index in [-0.39, 0.29) is 0 Å². The smallest absolute Gasteiger partial charge is 0.0411 e. The van der Waals surface area contributed by atoms with Crippen molar-refractivity contribution in [2.24, 2.45) is 0 Å². The number of rotatable bonds is 4. The molecule has 1 nitrogen and oxygen atoms in total. The average molecular weight is 145 g/mol. The van der Waals surface area contributed by atoms with E-state index in [9.17, 15) is 0 Å². The zero-order valence-corrected chi connectivity index (χ0v) is 7.06. The van der Waals surface area contributed by atoms with Gasteiger partial charge in [-0.3, -0.25) is 4.90 Å². The predicted molar refractivity (Wildman–Crippen MR) is 45.9 cm³/mol. The van der Waals surface area contributed by atoms with Crippen LogP contribution in [0.25, 0.3) is 0 Å². The van der Waals surface area contributed by atoms with Gasteiger partial charge in [0, 0.05) is 12.4 Å². The fourth-order valence-corrected chi connectivity index (χ4v) is 0.674. The fraction of sp³-hybridized carbons (Fsp3) is 0.714. The van der Waals surface area contributed by atoms with Crippen LogP contribution in [-0.2, 0) is 0 Å². The highest BCUT2D eigenvalue weighted by molar-refractivity contribution is 7.80. The topological polar surface area (TPSA) is 3.24 Å². The molecule has 0 N–H and O–H groups in total. The maximum Gasteiger partial charge on any atom is 0.0411 e. The van der Waals surface area contributed by atoms with Gasteiger partial charge < -0.3 is 0 Å². The van der Waals surface area contributed by atoms with Crippen LogP contribution in [0.2, 0.25) is 0 Å². The summed E-state index contributed by atoms with van der Waals surface area (Å²) < 4.78 is 0. The summed E-state index contributed by atoms with van der Waals surface area (Å²) in [5.74, 6) is 0.845. The number of nitrogens with zero attached hydrogens (tertiary/aromatic N) is 1. The molecule has 0 saturated carbocycles. The second kappa shape index (κ2) is 6.17. The summed E-state index contributed by atoms with van der Waals surface area (Å²) in [6.07, 6.45) is 5.37. The van der Waals surface area contributed by atoms with E-state index in [4.69, 9.17) is 0 Å². The van der Waals surface area contributed by atoms with Crippen LogP contribution in [0, 0.1) is 0 Å². The van der Waals surface area contributed by atoms with Crippen molar-refractivity contribution in [1.29, 1.82) is 0 Å². The van der Waals surface area contributed by atoms with E-state index < -0.39 is 0 Å². The minimum absolute atomic E-state index is 0.845. The molecule has 0 aliphatic carbocycles. The average Bonchev–Trinajstić information content (AvgIpc) is 1.89. The van der Waals surface area contributed by atoms with Crippen LogP contribution in [0.4, 0.5) is 0 Å². The Bertz CT molecular complexity index is 81.0. The van der Waals surface area contributed by atoms with Gasteiger partial charge in [-0.2, -0.15) is 12.6 Å². The molecule has 0 spiro atoms. The second-order valence-electron chi connectivity index (χ2n) is 2.08. The van der Waals surface area contributed by atoms with E-state index in [1.807, 2.05) is 6.92 Å². The summed E-state index contributed by atoms with van der Waals surface area (Å²) in [4.78, 5) is 2.17. The summed E-state index contributed by atoms with van der Waals surface area (Å²) in [7, 11) is 2.07. The number of hydrogen-bond donors (Lipinski definition) is 1. The maximum absolute atomic E-state index is 4.12. The van der Waals surface area contributed by atoms with E-state index in [1.54, 1.807) is 0 Å². The highest BCUT2D eigenvalue weighted by Gasteiger charge is 1.88. The first-order valence-electron chi connectivity index (χ1n) is 3.21. The lowest BCUT2D eigenvalue weighted by Crippen LogP contribution is -2.16. The fourth-order valence-electron chi connectivity index (χ4n) is 0.532. The van der Waals surface area contributed by atoms with E-state index in [0.717, 1.165) is 18.8 Å². The summed E-state index contributed by atoms with van der Waals surface area (Å²) in [5.41, 5.74) is 0. The highest BCUT2D eigenvalue weighted by Crippen LogP contribution is 1.89. The molecular weight excluding hydrogens is 130 g/mol. The van der Waals surface area contributed by atoms with Gasteiger partial charge in [-0.05, 0) is 20.4 Å².